The predicted octanol–water partition coefficient (Wildman–Crippen LogP) is 2.30. The molecule has 0 aliphatic heterocycles. The van der Waals surface area contributed by atoms with E-state index in [0.717, 1.165) is 16.1 Å². The molecule has 88 valence electrons. The Labute approximate surface area is 102 Å². The molecular formula is C13H18ClNO. The van der Waals surface area contributed by atoms with Crippen LogP contribution in [-0.4, -0.2) is 23.8 Å². The molecule has 1 aromatic rings. The summed E-state index contributed by atoms with van der Waals surface area (Å²) in [6.45, 7) is 2.68. The van der Waals surface area contributed by atoms with Crippen molar-refractivity contribution in [1.29, 1.82) is 0 Å². The lowest BCUT2D eigenvalue weighted by Crippen LogP contribution is -2.30. The SMILES string of the molecule is Cc1c(Cl)cccc1CC(O)CNC1CC1. The average Bonchev–Trinajstić information content (AvgIpc) is 3.06. The summed E-state index contributed by atoms with van der Waals surface area (Å²) in [6, 6.07) is 6.50. The van der Waals surface area contributed by atoms with Crippen molar-refractivity contribution < 1.29 is 5.11 Å². The number of rotatable bonds is 5. The molecule has 1 aliphatic rings. The van der Waals surface area contributed by atoms with Gasteiger partial charge in [-0.25, -0.2) is 0 Å². The Morgan fingerprint density at radius 2 is 2.25 bits per heavy atom. The van der Waals surface area contributed by atoms with Crippen molar-refractivity contribution in [3.8, 4) is 0 Å². The molecule has 16 heavy (non-hydrogen) atoms. The lowest BCUT2D eigenvalue weighted by atomic mass is 10.0. The van der Waals surface area contributed by atoms with Crippen LogP contribution >= 0.6 is 11.6 Å². The van der Waals surface area contributed by atoms with Crippen LogP contribution in [0.1, 0.15) is 24.0 Å². The van der Waals surface area contributed by atoms with Crippen LogP contribution in [0.2, 0.25) is 5.02 Å². The molecule has 1 saturated carbocycles. The second kappa shape index (κ2) is 5.17. The van der Waals surface area contributed by atoms with Crippen molar-refractivity contribution in [3.63, 3.8) is 0 Å². The molecule has 1 aliphatic carbocycles. The van der Waals surface area contributed by atoms with Crippen LogP contribution in [0, 0.1) is 6.92 Å². The van der Waals surface area contributed by atoms with Crippen LogP contribution in [0.3, 0.4) is 0 Å². The van der Waals surface area contributed by atoms with Gasteiger partial charge in [0.1, 0.15) is 0 Å². The van der Waals surface area contributed by atoms with Crippen LogP contribution < -0.4 is 5.32 Å². The zero-order valence-corrected chi connectivity index (χ0v) is 10.3. The van der Waals surface area contributed by atoms with E-state index in [0.29, 0.717) is 19.0 Å². The molecule has 1 atom stereocenters. The number of halogens is 1. The first-order valence-corrected chi connectivity index (χ1v) is 6.20. The Bertz CT molecular complexity index is 363. The van der Waals surface area contributed by atoms with E-state index in [-0.39, 0.29) is 6.10 Å². The van der Waals surface area contributed by atoms with E-state index >= 15 is 0 Å². The quantitative estimate of drug-likeness (QED) is 0.827. The molecule has 0 heterocycles. The van der Waals surface area contributed by atoms with Gasteiger partial charge in [0.05, 0.1) is 6.10 Å². The van der Waals surface area contributed by atoms with Crippen molar-refractivity contribution in [2.24, 2.45) is 0 Å². The Morgan fingerprint density at radius 1 is 1.50 bits per heavy atom. The van der Waals surface area contributed by atoms with Gasteiger partial charge in [-0.15, -0.1) is 0 Å². The van der Waals surface area contributed by atoms with Gasteiger partial charge in [-0.05, 0) is 43.4 Å². The smallest absolute Gasteiger partial charge is 0.0705 e. The van der Waals surface area contributed by atoms with Gasteiger partial charge in [-0.3, -0.25) is 0 Å². The number of hydrogen-bond donors (Lipinski definition) is 2. The third kappa shape index (κ3) is 3.21. The molecule has 0 saturated heterocycles. The monoisotopic (exact) mass is 239 g/mol. The van der Waals surface area contributed by atoms with Crippen LogP contribution in [-0.2, 0) is 6.42 Å². The van der Waals surface area contributed by atoms with Crippen LogP contribution in [0.5, 0.6) is 0 Å². The second-order valence-electron chi connectivity index (χ2n) is 4.56. The fourth-order valence-corrected chi connectivity index (χ4v) is 1.98. The number of benzene rings is 1. The Kier molecular flexibility index (Phi) is 3.85. The summed E-state index contributed by atoms with van der Waals surface area (Å²) in [5.74, 6) is 0. The molecule has 0 radical (unpaired) electrons. The van der Waals surface area contributed by atoms with Gasteiger partial charge in [0, 0.05) is 17.6 Å². The molecule has 2 nitrogen and oxygen atoms in total. The number of hydrogen-bond acceptors (Lipinski definition) is 2. The van der Waals surface area contributed by atoms with E-state index in [1.807, 2.05) is 25.1 Å². The fraction of sp³-hybridized carbons (Fsp3) is 0.538. The highest BCUT2D eigenvalue weighted by molar-refractivity contribution is 6.31. The molecule has 2 rings (SSSR count). The number of aliphatic hydroxyl groups excluding tert-OH is 1. The van der Waals surface area contributed by atoms with E-state index in [1.165, 1.54) is 12.8 Å². The lowest BCUT2D eigenvalue weighted by Gasteiger charge is -2.13. The Hall–Kier alpha value is -0.570. The highest BCUT2D eigenvalue weighted by atomic mass is 35.5. The van der Waals surface area contributed by atoms with Gasteiger partial charge < -0.3 is 10.4 Å². The highest BCUT2D eigenvalue weighted by Gasteiger charge is 2.21. The normalized spacial score (nSPS) is 17.4. The topological polar surface area (TPSA) is 32.3 Å². The largest absolute Gasteiger partial charge is 0.391 e. The first kappa shape index (κ1) is 11.9. The van der Waals surface area contributed by atoms with Crippen molar-refractivity contribution in [2.75, 3.05) is 6.54 Å². The van der Waals surface area contributed by atoms with Gasteiger partial charge in [-0.1, -0.05) is 23.7 Å². The van der Waals surface area contributed by atoms with Gasteiger partial charge in [0.25, 0.3) is 0 Å². The maximum Gasteiger partial charge on any atom is 0.0705 e. The first-order valence-electron chi connectivity index (χ1n) is 5.82. The highest BCUT2D eigenvalue weighted by Crippen LogP contribution is 2.21. The minimum atomic E-state index is -0.322. The third-order valence-electron chi connectivity index (χ3n) is 3.05. The molecule has 0 amide bonds. The van der Waals surface area contributed by atoms with E-state index in [4.69, 9.17) is 11.6 Å². The molecule has 0 aromatic heterocycles. The summed E-state index contributed by atoms with van der Waals surface area (Å²) in [7, 11) is 0. The summed E-state index contributed by atoms with van der Waals surface area (Å²) < 4.78 is 0. The first-order chi connectivity index (χ1) is 7.66. The van der Waals surface area contributed by atoms with Crippen molar-refractivity contribution in [2.45, 2.75) is 38.3 Å². The van der Waals surface area contributed by atoms with Crippen molar-refractivity contribution >= 4 is 11.6 Å². The zero-order chi connectivity index (χ0) is 11.5. The third-order valence-corrected chi connectivity index (χ3v) is 3.46. The zero-order valence-electron chi connectivity index (χ0n) is 9.54. The Morgan fingerprint density at radius 3 is 2.94 bits per heavy atom. The molecule has 2 N–H and O–H groups in total. The summed E-state index contributed by atoms with van der Waals surface area (Å²) >= 11 is 6.04. The number of aliphatic hydroxyl groups is 1. The van der Waals surface area contributed by atoms with Crippen LogP contribution in [0.15, 0.2) is 18.2 Å². The minimum absolute atomic E-state index is 0.322. The molecule has 0 bridgehead atoms. The summed E-state index contributed by atoms with van der Waals surface area (Å²) in [5.41, 5.74) is 2.22. The van der Waals surface area contributed by atoms with Crippen LogP contribution in [0.25, 0.3) is 0 Å². The average molecular weight is 240 g/mol. The van der Waals surface area contributed by atoms with Gasteiger partial charge in [-0.2, -0.15) is 0 Å². The maximum absolute atomic E-state index is 9.89. The van der Waals surface area contributed by atoms with E-state index in [1.54, 1.807) is 0 Å². The van der Waals surface area contributed by atoms with E-state index < -0.39 is 0 Å². The molecule has 1 fully saturated rings. The molecular weight excluding hydrogens is 222 g/mol. The van der Waals surface area contributed by atoms with Gasteiger partial charge >= 0.3 is 0 Å². The Balaban J connectivity index is 1.88. The molecule has 3 heteroatoms. The van der Waals surface area contributed by atoms with Crippen molar-refractivity contribution in [1.82, 2.24) is 5.32 Å². The number of nitrogens with one attached hydrogen (secondary N) is 1. The fourth-order valence-electron chi connectivity index (χ4n) is 1.79. The molecule has 1 unspecified atom stereocenters. The van der Waals surface area contributed by atoms with Gasteiger partial charge in [0.15, 0.2) is 0 Å². The standard InChI is InChI=1S/C13H18ClNO/c1-9-10(3-2-4-13(9)14)7-12(16)8-15-11-5-6-11/h2-4,11-12,15-16H,5-8H2,1H3. The van der Waals surface area contributed by atoms with Crippen molar-refractivity contribution in [3.05, 3.63) is 34.3 Å². The molecule has 0 spiro atoms. The van der Waals surface area contributed by atoms with E-state index in [2.05, 4.69) is 5.32 Å². The summed E-state index contributed by atoms with van der Waals surface area (Å²) in [6.07, 6.45) is 2.86. The lowest BCUT2D eigenvalue weighted by molar-refractivity contribution is 0.171. The minimum Gasteiger partial charge on any atom is -0.391 e. The second-order valence-corrected chi connectivity index (χ2v) is 4.97. The predicted molar refractivity (Wildman–Crippen MR) is 66.9 cm³/mol. The maximum atomic E-state index is 9.89. The van der Waals surface area contributed by atoms with E-state index in [9.17, 15) is 5.11 Å². The van der Waals surface area contributed by atoms with Crippen LogP contribution in [0.4, 0.5) is 0 Å². The van der Waals surface area contributed by atoms with Gasteiger partial charge in [0.2, 0.25) is 0 Å². The molecule has 1 aromatic carbocycles. The summed E-state index contributed by atoms with van der Waals surface area (Å²) in [5, 5.41) is 14.0. The summed E-state index contributed by atoms with van der Waals surface area (Å²) in [4.78, 5) is 0.